The Labute approximate surface area is 333 Å². The van der Waals surface area contributed by atoms with Crippen molar-refractivity contribution in [3.05, 3.63) is 88.8 Å². The van der Waals surface area contributed by atoms with Gasteiger partial charge in [0.2, 0.25) is 18.2 Å². The van der Waals surface area contributed by atoms with Gasteiger partial charge in [-0.15, -0.1) is 0 Å². The van der Waals surface area contributed by atoms with Crippen molar-refractivity contribution in [1.29, 1.82) is 0 Å². The first-order chi connectivity index (χ1) is 26.9. The summed E-state index contributed by atoms with van der Waals surface area (Å²) in [5.74, 6) is 3.37. The van der Waals surface area contributed by atoms with Gasteiger partial charge in [0.15, 0.2) is 0 Å². The Morgan fingerprint density at radius 2 is 1.34 bits per heavy atom. The molecule has 0 aliphatic rings. The Kier molecular flexibility index (Phi) is 16.1. The van der Waals surface area contributed by atoms with E-state index in [1.165, 1.54) is 18.1 Å². The lowest BCUT2D eigenvalue weighted by Crippen LogP contribution is -2.28. The lowest BCUT2D eigenvalue weighted by atomic mass is 9.88. The van der Waals surface area contributed by atoms with Crippen LogP contribution in [0.4, 0.5) is 0 Å². The van der Waals surface area contributed by atoms with Crippen molar-refractivity contribution >= 4 is 62.5 Å². The van der Waals surface area contributed by atoms with E-state index in [9.17, 15) is 14.4 Å². The molecule has 300 valence electrons. The molecule has 0 aliphatic heterocycles. The first kappa shape index (κ1) is 43.1. The largest absolute Gasteiger partial charge is 0.497 e. The summed E-state index contributed by atoms with van der Waals surface area (Å²) >= 11 is 6.06. The number of benzene rings is 3. The molecule has 56 heavy (non-hydrogen) atoms. The van der Waals surface area contributed by atoms with Crippen molar-refractivity contribution in [3.63, 3.8) is 0 Å². The molecule has 0 spiro atoms. The van der Waals surface area contributed by atoms with Crippen molar-refractivity contribution in [2.24, 2.45) is 5.92 Å². The molecular weight excluding hydrogens is 732 g/mol. The van der Waals surface area contributed by atoms with Crippen molar-refractivity contribution in [2.75, 3.05) is 41.0 Å². The fraction of sp³-hybridized carbons (Fsp3) is 0.372. The summed E-state index contributed by atoms with van der Waals surface area (Å²) in [4.78, 5) is 42.1. The highest BCUT2D eigenvalue weighted by Crippen LogP contribution is 2.34. The lowest BCUT2D eigenvalue weighted by molar-refractivity contribution is -0.119. The number of aromatic amines is 3. The minimum Gasteiger partial charge on any atom is -0.497 e. The quantitative estimate of drug-likeness (QED) is 0.0579. The summed E-state index contributed by atoms with van der Waals surface area (Å²) in [6, 6.07) is 15.8. The SMILES string of the molecule is CCC(CNC=O)c1c[nH]c2ccc(OC)cc12.COc1cc2c(CCNC(C)=O)c[nH]c2cc1Cl.COc1ccc2[nH]cc(C(CNC(C)=O)C(C)C)c2c1. The van der Waals surface area contributed by atoms with Gasteiger partial charge in [-0.2, -0.15) is 0 Å². The second kappa shape index (κ2) is 20.9. The van der Waals surface area contributed by atoms with Gasteiger partial charge in [-0.25, -0.2) is 0 Å². The molecule has 3 aromatic carbocycles. The van der Waals surface area contributed by atoms with Crippen LogP contribution in [0.25, 0.3) is 32.7 Å². The van der Waals surface area contributed by atoms with Gasteiger partial charge < -0.3 is 45.1 Å². The van der Waals surface area contributed by atoms with E-state index < -0.39 is 0 Å². The highest BCUT2D eigenvalue weighted by atomic mass is 35.5. The number of rotatable bonds is 15. The summed E-state index contributed by atoms with van der Waals surface area (Å²) in [5.41, 5.74) is 6.74. The number of amides is 3. The van der Waals surface area contributed by atoms with Gasteiger partial charge in [-0.3, -0.25) is 14.4 Å². The molecule has 6 aromatic rings. The Morgan fingerprint density at radius 1 is 0.750 bits per heavy atom. The molecule has 0 saturated carbocycles. The maximum absolute atomic E-state index is 11.2. The molecule has 0 aliphatic carbocycles. The molecule has 0 bridgehead atoms. The Hall–Kier alpha value is -5.62. The van der Waals surface area contributed by atoms with E-state index >= 15 is 0 Å². The molecule has 2 atom stereocenters. The zero-order valence-corrected chi connectivity index (χ0v) is 34.3. The number of ether oxygens (including phenoxy) is 3. The zero-order chi connectivity index (χ0) is 40.8. The molecule has 3 heterocycles. The Morgan fingerprint density at radius 3 is 1.88 bits per heavy atom. The van der Waals surface area contributed by atoms with Gasteiger partial charge in [-0.1, -0.05) is 32.4 Å². The number of methoxy groups -OCH3 is 3. The smallest absolute Gasteiger partial charge is 0.216 e. The summed E-state index contributed by atoms with van der Waals surface area (Å²) in [6.07, 6.45) is 8.48. The summed E-state index contributed by atoms with van der Waals surface area (Å²) in [7, 11) is 4.93. The molecule has 13 heteroatoms. The zero-order valence-electron chi connectivity index (χ0n) is 33.5. The van der Waals surface area contributed by atoms with Gasteiger partial charge in [0.05, 0.1) is 26.4 Å². The third-order valence-corrected chi connectivity index (χ3v) is 10.1. The average Bonchev–Trinajstić information content (AvgIpc) is 3.91. The van der Waals surface area contributed by atoms with Crippen molar-refractivity contribution in [1.82, 2.24) is 30.9 Å². The van der Waals surface area contributed by atoms with Crippen LogP contribution in [0.15, 0.2) is 67.1 Å². The highest BCUT2D eigenvalue weighted by Gasteiger charge is 2.20. The Bertz CT molecular complexity index is 2210. The minimum atomic E-state index is -0.0181. The van der Waals surface area contributed by atoms with Gasteiger partial charge in [0, 0.05) is 96.6 Å². The van der Waals surface area contributed by atoms with Crippen LogP contribution in [-0.4, -0.2) is 74.1 Å². The standard InChI is InChI=1S/C16H22N2O2.C14H18N2O2.C13H15ClN2O2/c1-10(2)14(8-17-11(3)19)15-9-18-16-6-5-12(20-4)7-13(15)16;1-3-10(7-15-9-17)13-8-16-14-5-4-11(18-2)6-12(13)14;1-8(17)15-4-3-9-7-16-12-6-11(14)13(18-2)5-10(9)12/h5-7,9-10,14,18H,8H2,1-4H3,(H,17,19);4-6,8-10,16H,3,7H2,1-2H3,(H,15,17);5-7,16H,3-4H2,1-2H3,(H,15,17). The van der Waals surface area contributed by atoms with Crippen LogP contribution < -0.4 is 30.2 Å². The Balaban J connectivity index is 0.000000187. The van der Waals surface area contributed by atoms with E-state index in [0.29, 0.717) is 42.2 Å². The average molecular weight is 787 g/mol. The summed E-state index contributed by atoms with van der Waals surface area (Å²) in [6.45, 7) is 11.5. The number of aromatic nitrogens is 3. The third kappa shape index (κ3) is 11.2. The molecule has 0 radical (unpaired) electrons. The van der Waals surface area contributed by atoms with E-state index in [1.54, 1.807) is 28.3 Å². The molecular formula is C43H55ClN6O6. The molecule has 0 saturated heterocycles. The van der Waals surface area contributed by atoms with Crippen molar-refractivity contribution in [3.8, 4) is 17.2 Å². The van der Waals surface area contributed by atoms with Crippen LogP contribution in [0.2, 0.25) is 5.02 Å². The molecule has 0 fully saturated rings. The second-order valence-electron chi connectivity index (χ2n) is 13.8. The predicted molar refractivity (Wildman–Crippen MR) is 225 cm³/mol. The van der Waals surface area contributed by atoms with Crippen LogP contribution in [0.3, 0.4) is 0 Å². The predicted octanol–water partition coefficient (Wildman–Crippen LogP) is 7.98. The number of hydrogen-bond acceptors (Lipinski definition) is 6. The van der Waals surface area contributed by atoms with Gasteiger partial charge >= 0.3 is 0 Å². The second-order valence-corrected chi connectivity index (χ2v) is 14.2. The van der Waals surface area contributed by atoms with Crippen LogP contribution in [0.1, 0.15) is 69.6 Å². The van der Waals surface area contributed by atoms with Crippen molar-refractivity contribution < 1.29 is 28.6 Å². The summed E-state index contributed by atoms with van der Waals surface area (Å²) in [5, 5.41) is 12.4. The molecule has 12 nitrogen and oxygen atoms in total. The fourth-order valence-electron chi connectivity index (χ4n) is 6.68. The van der Waals surface area contributed by atoms with E-state index in [4.69, 9.17) is 25.8 Å². The van der Waals surface area contributed by atoms with Crippen LogP contribution in [-0.2, 0) is 20.8 Å². The van der Waals surface area contributed by atoms with Crippen molar-refractivity contribution in [2.45, 2.75) is 59.3 Å². The first-order valence-corrected chi connectivity index (χ1v) is 19.1. The molecule has 6 rings (SSSR count). The minimum absolute atomic E-state index is 0.00747. The lowest BCUT2D eigenvalue weighted by Gasteiger charge is -2.21. The number of H-pyrrole nitrogens is 3. The van der Waals surface area contributed by atoms with Crippen LogP contribution in [0.5, 0.6) is 17.2 Å². The van der Waals surface area contributed by atoms with Gasteiger partial charge in [-0.05, 0) is 84.0 Å². The van der Waals surface area contributed by atoms with Crippen LogP contribution >= 0.6 is 11.6 Å². The maximum atomic E-state index is 11.2. The van der Waals surface area contributed by atoms with E-state index in [0.717, 1.165) is 69.0 Å². The number of hydrogen-bond donors (Lipinski definition) is 6. The summed E-state index contributed by atoms with van der Waals surface area (Å²) < 4.78 is 15.8. The van der Waals surface area contributed by atoms with E-state index in [2.05, 4.69) is 51.7 Å². The van der Waals surface area contributed by atoms with E-state index in [1.807, 2.05) is 67.1 Å². The number of carbonyl (C=O) groups is 3. The number of carbonyl (C=O) groups excluding carboxylic acids is 3. The maximum Gasteiger partial charge on any atom is 0.216 e. The highest BCUT2D eigenvalue weighted by molar-refractivity contribution is 6.32. The first-order valence-electron chi connectivity index (χ1n) is 18.7. The molecule has 6 N–H and O–H groups in total. The fourth-order valence-corrected chi connectivity index (χ4v) is 6.92. The normalized spacial score (nSPS) is 11.9. The van der Waals surface area contributed by atoms with Gasteiger partial charge in [0.25, 0.3) is 0 Å². The van der Waals surface area contributed by atoms with Gasteiger partial charge in [0.1, 0.15) is 17.2 Å². The van der Waals surface area contributed by atoms with Crippen LogP contribution in [0, 0.1) is 5.92 Å². The molecule has 3 amide bonds. The number of fused-ring (bicyclic) bond motifs is 3. The molecule has 2 unspecified atom stereocenters. The number of nitrogens with one attached hydrogen (secondary N) is 6. The van der Waals surface area contributed by atoms with E-state index in [-0.39, 0.29) is 17.7 Å². The monoisotopic (exact) mass is 786 g/mol. The number of halogens is 1. The third-order valence-electron chi connectivity index (χ3n) is 9.81. The molecule has 3 aromatic heterocycles. The topological polar surface area (TPSA) is 162 Å².